The fourth-order valence-electron chi connectivity index (χ4n) is 2.85. The SMILES string of the molecule is CC(C)NS(=O)(=O)Cc1ccccc1CNC(=O)C[C@H]1C=CCC1. The molecule has 0 saturated heterocycles. The highest BCUT2D eigenvalue weighted by molar-refractivity contribution is 7.88. The topological polar surface area (TPSA) is 75.3 Å². The summed E-state index contributed by atoms with van der Waals surface area (Å²) in [5.41, 5.74) is 1.55. The summed E-state index contributed by atoms with van der Waals surface area (Å²) in [6.45, 7) is 3.94. The molecule has 24 heavy (non-hydrogen) atoms. The Morgan fingerprint density at radius 2 is 1.96 bits per heavy atom. The van der Waals surface area contributed by atoms with Gasteiger partial charge in [0.25, 0.3) is 0 Å². The molecule has 1 aromatic rings. The highest BCUT2D eigenvalue weighted by atomic mass is 32.2. The third-order valence-electron chi connectivity index (χ3n) is 3.92. The van der Waals surface area contributed by atoms with Gasteiger partial charge in [-0.25, -0.2) is 13.1 Å². The van der Waals surface area contributed by atoms with Gasteiger partial charge in [0.2, 0.25) is 15.9 Å². The molecule has 0 heterocycles. The molecule has 0 spiro atoms. The van der Waals surface area contributed by atoms with E-state index in [0.717, 1.165) is 18.4 Å². The van der Waals surface area contributed by atoms with Crippen LogP contribution in [0.15, 0.2) is 36.4 Å². The van der Waals surface area contributed by atoms with Crippen LogP contribution in [0, 0.1) is 5.92 Å². The highest BCUT2D eigenvalue weighted by Gasteiger charge is 2.17. The Labute approximate surface area is 144 Å². The second-order valence-electron chi connectivity index (χ2n) is 6.55. The smallest absolute Gasteiger partial charge is 0.220 e. The summed E-state index contributed by atoms with van der Waals surface area (Å²) in [5.74, 6) is 0.253. The van der Waals surface area contributed by atoms with Crippen molar-refractivity contribution in [1.29, 1.82) is 0 Å². The normalized spacial score (nSPS) is 17.4. The lowest BCUT2D eigenvalue weighted by molar-refractivity contribution is -0.121. The number of nitrogens with one attached hydrogen (secondary N) is 2. The van der Waals surface area contributed by atoms with E-state index in [1.807, 2.05) is 18.2 Å². The molecule has 1 amide bonds. The Balaban J connectivity index is 1.95. The first kappa shape index (κ1) is 18.7. The molecule has 6 heteroatoms. The summed E-state index contributed by atoms with van der Waals surface area (Å²) >= 11 is 0. The molecule has 2 N–H and O–H groups in total. The third-order valence-corrected chi connectivity index (χ3v) is 5.44. The van der Waals surface area contributed by atoms with Crippen molar-refractivity contribution in [3.63, 3.8) is 0 Å². The van der Waals surface area contributed by atoms with Crippen molar-refractivity contribution in [1.82, 2.24) is 10.0 Å². The van der Waals surface area contributed by atoms with Gasteiger partial charge in [0.15, 0.2) is 0 Å². The zero-order valence-corrected chi connectivity index (χ0v) is 15.1. The van der Waals surface area contributed by atoms with Crippen LogP contribution in [-0.4, -0.2) is 20.4 Å². The summed E-state index contributed by atoms with van der Waals surface area (Å²) < 4.78 is 26.8. The van der Waals surface area contributed by atoms with Crippen LogP contribution >= 0.6 is 0 Å². The van der Waals surface area contributed by atoms with Gasteiger partial charge in [-0.15, -0.1) is 0 Å². The van der Waals surface area contributed by atoms with Crippen LogP contribution in [0.1, 0.15) is 44.2 Å². The second kappa shape index (κ2) is 8.44. The van der Waals surface area contributed by atoms with E-state index >= 15 is 0 Å². The lowest BCUT2D eigenvalue weighted by Crippen LogP contribution is -2.32. The van der Waals surface area contributed by atoms with E-state index < -0.39 is 10.0 Å². The van der Waals surface area contributed by atoms with Crippen molar-refractivity contribution in [2.45, 2.75) is 51.4 Å². The number of amides is 1. The Kier molecular flexibility index (Phi) is 6.57. The summed E-state index contributed by atoms with van der Waals surface area (Å²) in [6.07, 6.45) is 6.77. The molecule has 0 radical (unpaired) electrons. The predicted octanol–water partition coefficient (Wildman–Crippen LogP) is 2.49. The molecular weight excluding hydrogens is 324 g/mol. The van der Waals surface area contributed by atoms with Crippen LogP contribution in [0.3, 0.4) is 0 Å². The van der Waals surface area contributed by atoms with Crippen molar-refractivity contribution in [3.05, 3.63) is 47.5 Å². The molecular formula is C18H26N2O3S. The van der Waals surface area contributed by atoms with Gasteiger partial charge in [0, 0.05) is 19.0 Å². The molecule has 1 aromatic carbocycles. The summed E-state index contributed by atoms with van der Waals surface area (Å²) in [4.78, 5) is 12.0. The molecule has 5 nitrogen and oxygen atoms in total. The maximum atomic E-state index is 12.1. The zero-order chi connectivity index (χ0) is 17.6. The zero-order valence-electron chi connectivity index (χ0n) is 14.3. The first-order valence-corrected chi connectivity index (χ1v) is 10.0. The van der Waals surface area contributed by atoms with E-state index in [1.165, 1.54) is 0 Å². The van der Waals surface area contributed by atoms with Gasteiger partial charge in [0.05, 0.1) is 5.75 Å². The molecule has 0 aliphatic heterocycles. The number of sulfonamides is 1. The van der Waals surface area contributed by atoms with Crippen LogP contribution in [0.2, 0.25) is 0 Å². The number of hydrogen-bond donors (Lipinski definition) is 2. The third kappa shape index (κ3) is 6.09. The lowest BCUT2D eigenvalue weighted by atomic mass is 10.0. The monoisotopic (exact) mass is 350 g/mol. The fraction of sp³-hybridized carbons (Fsp3) is 0.500. The van der Waals surface area contributed by atoms with E-state index in [4.69, 9.17) is 0 Å². The molecule has 0 bridgehead atoms. The molecule has 0 unspecified atom stereocenters. The summed E-state index contributed by atoms with van der Waals surface area (Å²) in [5, 5.41) is 2.90. The fourth-order valence-corrected chi connectivity index (χ4v) is 4.34. The predicted molar refractivity (Wildman–Crippen MR) is 95.7 cm³/mol. The first-order chi connectivity index (χ1) is 11.4. The Morgan fingerprint density at radius 3 is 2.58 bits per heavy atom. The van der Waals surface area contributed by atoms with Crippen molar-refractivity contribution >= 4 is 15.9 Å². The average Bonchev–Trinajstić information content (AvgIpc) is 2.97. The Morgan fingerprint density at radius 1 is 1.25 bits per heavy atom. The highest BCUT2D eigenvalue weighted by Crippen LogP contribution is 2.20. The first-order valence-electron chi connectivity index (χ1n) is 8.36. The summed E-state index contributed by atoms with van der Waals surface area (Å²) in [7, 11) is -3.39. The van der Waals surface area contributed by atoms with Crippen LogP contribution in [0.25, 0.3) is 0 Å². The van der Waals surface area contributed by atoms with Crippen molar-refractivity contribution < 1.29 is 13.2 Å². The van der Waals surface area contributed by atoms with Gasteiger partial charge in [-0.1, -0.05) is 36.4 Å². The minimum atomic E-state index is -3.39. The van der Waals surface area contributed by atoms with Gasteiger partial charge in [0.1, 0.15) is 0 Å². The van der Waals surface area contributed by atoms with Gasteiger partial charge in [-0.3, -0.25) is 4.79 Å². The van der Waals surface area contributed by atoms with Crippen molar-refractivity contribution in [2.75, 3.05) is 0 Å². The standard InChI is InChI=1S/C18H26N2O3S/c1-14(2)20-24(22,23)13-17-10-6-5-9-16(17)12-19-18(21)11-15-7-3-4-8-15/h3,5-7,9-10,14-15,20H,4,8,11-13H2,1-2H3,(H,19,21)/t15-/m0/s1. The van der Waals surface area contributed by atoms with Gasteiger partial charge in [-0.2, -0.15) is 0 Å². The van der Waals surface area contributed by atoms with Gasteiger partial charge < -0.3 is 5.32 Å². The molecule has 1 atom stereocenters. The number of hydrogen-bond acceptors (Lipinski definition) is 3. The van der Waals surface area contributed by atoms with Crippen molar-refractivity contribution in [2.24, 2.45) is 5.92 Å². The van der Waals surface area contributed by atoms with Crippen LogP contribution in [-0.2, 0) is 27.1 Å². The molecule has 1 aliphatic rings. The second-order valence-corrected chi connectivity index (χ2v) is 8.30. The maximum absolute atomic E-state index is 12.1. The van der Waals surface area contributed by atoms with Gasteiger partial charge >= 0.3 is 0 Å². The maximum Gasteiger partial charge on any atom is 0.220 e. The minimum absolute atomic E-state index is 0.00418. The van der Waals surface area contributed by atoms with Crippen LogP contribution in [0.5, 0.6) is 0 Å². The van der Waals surface area contributed by atoms with Crippen molar-refractivity contribution in [3.8, 4) is 0 Å². The van der Waals surface area contributed by atoms with E-state index in [1.54, 1.807) is 19.9 Å². The van der Waals surface area contributed by atoms with E-state index in [0.29, 0.717) is 24.4 Å². The molecule has 0 aromatic heterocycles. The minimum Gasteiger partial charge on any atom is -0.352 e. The number of carbonyl (C=O) groups excluding carboxylic acids is 1. The molecule has 132 valence electrons. The van der Waals surface area contributed by atoms with Crippen LogP contribution in [0.4, 0.5) is 0 Å². The number of carbonyl (C=O) groups is 1. The molecule has 0 fully saturated rings. The van der Waals surface area contributed by atoms with E-state index in [2.05, 4.69) is 22.2 Å². The van der Waals surface area contributed by atoms with Crippen LogP contribution < -0.4 is 10.0 Å². The Bertz CT molecular complexity index is 696. The largest absolute Gasteiger partial charge is 0.352 e. The Hall–Kier alpha value is -1.66. The summed E-state index contributed by atoms with van der Waals surface area (Å²) in [6, 6.07) is 7.18. The molecule has 2 rings (SSSR count). The lowest BCUT2D eigenvalue weighted by Gasteiger charge is -2.14. The van der Waals surface area contributed by atoms with Gasteiger partial charge in [-0.05, 0) is 43.7 Å². The van der Waals surface area contributed by atoms with E-state index in [-0.39, 0.29) is 17.7 Å². The average molecular weight is 350 g/mol. The quantitative estimate of drug-likeness (QED) is 0.707. The number of benzene rings is 1. The molecule has 0 saturated carbocycles. The molecule has 1 aliphatic carbocycles. The number of allylic oxidation sites excluding steroid dienone is 2. The number of rotatable bonds is 8. The van der Waals surface area contributed by atoms with E-state index in [9.17, 15) is 13.2 Å².